The first-order valence-corrected chi connectivity index (χ1v) is 7.58. The van der Waals surface area contributed by atoms with Crippen LogP contribution in [0.1, 0.15) is 36.2 Å². The van der Waals surface area contributed by atoms with Gasteiger partial charge >= 0.3 is 0 Å². The maximum atomic E-state index is 12.1. The molecule has 1 amide bonds. The predicted molar refractivity (Wildman–Crippen MR) is 88.0 cm³/mol. The molecule has 0 spiro atoms. The molecule has 0 bridgehead atoms. The molecule has 1 aromatic heterocycles. The smallest absolute Gasteiger partial charge is 0.254 e. The number of nitrogens with one attached hydrogen (secondary N) is 2. The fraction of sp³-hybridized carbons (Fsp3) is 0.312. The maximum Gasteiger partial charge on any atom is 0.254 e. The highest BCUT2D eigenvalue weighted by molar-refractivity contribution is 6.31. The van der Waals surface area contributed by atoms with Crippen molar-refractivity contribution in [2.24, 2.45) is 0 Å². The number of nitrogens with zero attached hydrogens (tertiary/aromatic N) is 2. The lowest BCUT2D eigenvalue weighted by atomic mass is 10.2. The second kappa shape index (κ2) is 7.75. The molecule has 0 saturated heterocycles. The summed E-state index contributed by atoms with van der Waals surface area (Å²) in [6.07, 6.45) is 4.00. The molecule has 0 aliphatic rings. The second-order valence-electron chi connectivity index (χ2n) is 5.02. The van der Waals surface area contributed by atoms with E-state index in [0.717, 1.165) is 12.0 Å². The van der Waals surface area contributed by atoms with Gasteiger partial charge in [-0.15, -0.1) is 0 Å². The van der Waals surface area contributed by atoms with Crippen LogP contribution in [0.2, 0.25) is 5.02 Å². The molecule has 116 valence electrons. The summed E-state index contributed by atoms with van der Waals surface area (Å²) >= 11 is 6.05. The van der Waals surface area contributed by atoms with Gasteiger partial charge in [0.05, 0.1) is 5.56 Å². The van der Waals surface area contributed by atoms with Crippen molar-refractivity contribution in [1.82, 2.24) is 15.3 Å². The quantitative estimate of drug-likeness (QED) is 0.858. The van der Waals surface area contributed by atoms with Gasteiger partial charge < -0.3 is 10.6 Å². The van der Waals surface area contributed by atoms with Crippen molar-refractivity contribution in [3.05, 3.63) is 52.8 Å². The van der Waals surface area contributed by atoms with Crippen molar-refractivity contribution in [1.29, 1.82) is 0 Å². The van der Waals surface area contributed by atoms with Gasteiger partial charge in [-0.1, -0.05) is 36.7 Å². The Labute approximate surface area is 135 Å². The lowest BCUT2D eigenvalue weighted by molar-refractivity contribution is 0.0950. The number of amides is 1. The summed E-state index contributed by atoms with van der Waals surface area (Å²) in [4.78, 5) is 20.4. The molecule has 1 atom stereocenters. The minimum Gasteiger partial charge on any atom is -0.352 e. The fourth-order valence-electron chi connectivity index (χ4n) is 1.76. The number of benzene rings is 1. The van der Waals surface area contributed by atoms with E-state index in [4.69, 9.17) is 11.6 Å². The first-order valence-electron chi connectivity index (χ1n) is 7.20. The highest BCUT2D eigenvalue weighted by atomic mass is 35.5. The topological polar surface area (TPSA) is 66.9 Å². The third-order valence-corrected chi connectivity index (χ3v) is 3.67. The van der Waals surface area contributed by atoms with Crippen molar-refractivity contribution in [3.63, 3.8) is 0 Å². The van der Waals surface area contributed by atoms with E-state index in [1.54, 1.807) is 6.07 Å². The molecule has 1 heterocycles. The minimum atomic E-state index is -0.227. The normalized spacial score (nSPS) is 11.8. The zero-order chi connectivity index (χ0) is 15.9. The molecular formula is C16H19ClN4O. The van der Waals surface area contributed by atoms with E-state index in [2.05, 4.69) is 27.5 Å². The predicted octanol–water partition coefficient (Wildman–Crippen LogP) is 3.27. The van der Waals surface area contributed by atoms with Gasteiger partial charge in [0.1, 0.15) is 0 Å². The van der Waals surface area contributed by atoms with Crippen molar-refractivity contribution >= 4 is 23.5 Å². The monoisotopic (exact) mass is 318 g/mol. The average molecular weight is 319 g/mol. The van der Waals surface area contributed by atoms with Gasteiger partial charge in [0.15, 0.2) is 0 Å². The van der Waals surface area contributed by atoms with Crippen molar-refractivity contribution < 1.29 is 4.79 Å². The van der Waals surface area contributed by atoms with Gasteiger partial charge in [-0.3, -0.25) is 4.79 Å². The van der Waals surface area contributed by atoms with Crippen LogP contribution in [-0.4, -0.2) is 21.9 Å². The Balaban J connectivity index is 1.94. The number of aromatic nitrogens is 2. The second-order valence-corrected chi connectivity index (χ2v) is 5.43. The standard InChI is InChI=1S/C16H19ClN4O/c1-3-11(2)21-16-19-9-13(10-20-16)15(22)18-8-12-6-4-5-7-14(12)17/h4-7,9-11H,3,8H2,1-2H3,(H,18,22)(H,19,20,21). The number of halogens is 1. The molecule has 6 heteroatoms. The number of hydrogen-bond acceptors (Lipinski definition) is 4. The van der Waals surface area contributed by atoms with Crippen molar-refractivity contribution in [2.75, 3.05) is 5.32 Å². The van der Waals surface area contributed by atoms with E-state index >= 15 is 0 Å². The van der Waals surface area contributed by atoms with Gasteiger partial charge in [0, 0.05) is 30.0 Å². The van der Waals surface area contributed by atoms with Crippen LogP contribution in [0.5, 0.6) is 0 Å². The van der Waals surface area contributed by atoms with E-state index in [1.807, 2.05) is 25.1 Å². The molecule has 0 aliphatic carbocycles. The molecule has 2 rings (SSSR count). The lowest BCUT2D eigenvalue weighted by Crippen LogP contribution is -2.23. The van der Waals surface area contributed by atoms with E-state index in [0.29, 0.717) is 29.1 Å². The van der Waals surface area contributed by atoms with E-state index in [9.17, 15) is 4.79 Å². The summed E-state index contributed by atoms with van der Waals surface area (Å²) in [7, 11) is 0. The molecule has 5 nitrogen and oxygen atoms in total. The molecule has 22 heavy (non-hydrogen) atoms. The Bertz CT molecular complexity index is 630. The first kappa shape index (κ1) is 16.2. The SMILES string of the molecule is CCC(C)Nc1ncc(C(=O)NCc2ccccc2Cl)cn1. The molecule has 0 radical (unpaired) electrons. The summed E-state index contributed by atoms with van der Waals surface area (Å²) in [5, 5.41) is 6.59. The highest BCUT2D eigenvalue weighted by Crippen LogP contribution is 2.14. The van der Waals surface area contributed by atoms with Crippen LogP contribution in [0, 0.1) is 0 Å². The Kier molecular flexibility index (Phi) is 5.72. The highest BCUT2D eigenvalue weighted by Gasteiger charge is 2.08. The Hall–Kier alpha value is -2.14. The van der Waals surface area contributed by atoms with Crippen LogP contribution in [0.15, 0.2) is 36.7 Å². The number of anilines is 1. The van der Waals surface area contributed by atoms with Gasteiger partial charge in [-0.05, 0) is 25.0 Å². The van der Waals surface area contributed by atoms with Gasteiger partial charge in [0.25, 0.3) is 5.91 Å². The van der Waals surface area contributed by atoms with Crippen LogP contribution in [-0.2, 0) is 6.54 Å². The number of rotatable bonds is 6. The van der Waals surface area contributed by atoms with E-state index < -0.39 is 0 Å². The van der Waals surface area contributed by atoms with Crippen LogP contribution in [0.3, 0.4) is 0 Å². The molecule has 0 saturated carbocycles. The van der Waals surface area contributed by atoms with Crippen LogP contribution < -0.4 is 10.6 Å². The van der Waals surface area contributed by atoms with Crippen LogP contribution in [0.25, 0.3) is 0 Å². The molecule has 0 aliphatic heterocycles. The number of carbonyl (C=O) groups excluding carboxylic acids is 1. The number of hydrogen-bond donors (Lipinski definition) is 2. The summed E-state index contributed by atoms with van der Waals surface area (Å²) in [6, 6.07) is 7.69. The Morgan fingerprint density at radius 3 is 2.59 bits per heavy atom. The van der Waals surface area contributed by atoms with Crippen molar-refractivity contribution in [2.45, 2.75) is 32.9 Å². The zero-order valence-corrected chi connectivity index (χ0v) is 13.4. The third-order valence-electron chi connectivity index (χ3n) is 3.30. The minimum absolute atomic E-state index is 0.227. The Morgan fingerprint density at radius 1 is 1.27 bits per heavy atom. The third kappa shape index (κ3) is 4.43. The molecule has 1 aromatic carbocycles. The molecular weight excluding hydrogens is 300 g/mol. The summed E-state index contributed by atoms with van der Waals surface area (Å²) in [5.41, 5.74) is 1.29. The van der Waals surface area contributed by atoms with Crippen molar-refractivity contribution in [3.8, 4) is 0 Å². The van der Waals surface area contributed by atoms with E-state index in [-0.39, 0.29) is 5.91 Å². The number of carbonyl (C=O) groups is 1. The lowest BCUT2D eigenvalue weighted by Gasteiger charge is -2.11. The fourth-order valence-corrected chi connectivity index (χ4v) is 1.96. The van der Waals surface area contributed by atoms with E-state index in [1.165, 1.54) is 12.4 Å². The van der Waals surface area contributed by atoms with Gasteiger partial charge in [0.2, 0.25) is 5.95 Å². The molecule has 1 unspecified atom stereocenters. The summed E-state index contributed by atoms with van der Waals surface area (Å²) in [5.74, 6) is 0.298. The maximum absolute atomic E-state index is 12.1. The zero-order valence-electron chi connectivity index (χ0n) is 12.6. The Morgan fingerprint density at radius 2 is 1.95 bits per heavy atom. The summed E-state index contributed by atoms with van der Waals surface area (Å²) in [6.45, 7) is 4.49. The average Bonchev–Trinajstić information content (AvgIpc) is 2.54. The largest absolute Gasteiger partial charge is 0.352 e. The summed E-state index contributed by atoms with van der Waals surface area (Å²) < 4.78 is 0. The van der Waals surface area contributed by atoms with Gasteiger partial charge in [-0.25, -0.2) is 9.97 Å². The molecule has 2 N–H and O–H groups in total. The first-order chi connectivity index (χ1) is 10.6. The van der Waals surface area contributed by atoms with Crippen LogP contribution >= 0.6 is 11.6 Å². The molecule has 2 aromatic rings. The van der Waals surface area contributed by atoms with Crippen LogP contribution in [0.4, 0.5) is 5.95 Å². The molecule has 0 fully saturated rings. The van der Waals surface area contributed by atoms with Gasteiger partial charge in [-0.2, -0.15) is 0 Å².